The predicted molar refractivity (Wildman–Crippen MR) is 72.6 cm³/mol. The number of nitrogens with zero attached hydrogens (tertiary/aromatic N) is 1. The zero-order valence-corrected chi connectivity index (χ0v) is 12.5. The normalized spacial score (nSPS) is 24.9. The van der Waals surface area contributed by atoms with Crippen LogP contribution in [0.15, 0.2) is 0 Å². The Labute approximate surface area is 112 Å². The average molecular weight is 266 g/mol. The minimum atomic E-state index is -0.265. The first-order chi connectivity index (χ1) is 8.31. The maximum absolute atomic E-state index is 8.24. The molecule has 0 aromatic carbocycles. The van der Waals surface area contributed by atoms with Crippen LogP contribution < -0.4 is 4.80 Å². The number of rotatable bonds is 2. The number of fused-ring (bicyclic) bond motifs is 1. The molecule has 0 amide bonds. The number of hydrogen-bond acceptors (Lipinski definition) is 3. The highest BCUT2D eigenvalue weighted by molar-refractivity contribution is 7.09. The Hall–Kier alpha value is -0.610. The van der Waals surface area contributed by atoms with Gasteiger partial charge in [0.2, 0.25) is 0 Å². The van der Waals surface area contributed by atoms with Crippen molar-refractivity contribution in [3.8, 4) is 0 Å². The van der Waals surface area contributed by atoms with E-state index in [-0.39, 0.29) is 11.2 Å². The van der Waals surface area contributed by atoms with Gasteiger partial charge in [-0.2, -0.15) is 0 Å². The minimum Gasteiger partial charge on any atom is -0.358 e. The first-order valence-electron chi connectivity index (χ1n) is 6.80. The van der Waals surface area contributed by atoms with Crippen LogP contribution in [-0.4, -0.2) is 4.57 Å². The fourth-order valence-corrected chi connectivity index (χ4v) is 4.48. The van der Waals surface area contributed by atoms with Gasteiger partial charge in [-0.05, 0) is 46.5 Å². The topological polar surface area (TPSA) is 38.0 Å². The van der Waals surface area contributed by atoms with Crippen LogP contribution in [0.1, 0.15) is 57.5 Å². The molecule has 1 N–H and O–H groups in total. The Morgan fingerprint density at radius 2 is 1.94 bits per heavy atom. The van der Waals surface area contributed by atoms with Crippen LogP contribution in [0.3, 0.4) is 0 Å². The molecule has 0 bridgehead atoms. The van der Waals surface area contributed by atoms with Gasteiger partial charge in [0.25, 0.3) is 0 Å². The van der Waals surface area contributed by atoms with Crippen molar-refractivity contribution in [2.45, 2.75) is 64.7 Å². The molecule has 1 aromatic rings. The van der Waals surface area contributed by atoms with Crippen molar-refractivity contribution in [2.24, 2.45) is 5.92 Å². The molecule has 4 heteroatoms. The molecule has 3 rings (SSSR count). The molecule has 1 fully saturated rings. The number of nitrogens with one attached hydrogen (secondary N) is 1. The van der Waals surface area contributed by atoms with E-state index in [0.29, 0.717) is 4.80 Å². The van der Waals surface area contributed by atoms with Crippen LogP contribution in [0.4, 0.5) is 0 Å². The van der Waals surface area contributed by atoms with Crippen LogP contribution in [0, 0.1) is 11.3 Å². The zero-order chi connectivity index (χ0) is 13.1. The van der Waals surface area contributed by atoms with Crippen molar-refractivity contribution in [1.82, 2.24) is 4.57 Å². The first-order valence-corrected chi connectivity index (χ1v) is 7.62. The fraction of sp³-hybridized carbons (Fsp3) is 0.786. The molecule has 3 nitrogen and oxygen atoms in total. The highest BCUT2D eigenvalue weighted by Gasteiger charge is 2.47. The lowest BCUT2D eigenvalue weighted by Gasteiger charge is -2.29. The van der Waals surface area contributed by atoms with Gasteiger partial charge in [-0.1, -0.05) is 17.8 Å². The molecule has 1 aliphatic heterocycles. The average Bonchev–Trinajstić information content (AvgIpc) is 2.56. The van der Waals surface area contributed by atoms with Crippen LogP contribution in [0.5, 0.6) is 0 Å². The molecule has 2 heterocycles. The number of thiazole rings is 1. The summed E-state index contributed by atoms with van der Waals surface area (Å²) in [5.74, 6) is 0.775. The molecule has 2 aliphatic rings. The lowest BCUT2D eigenvalue weighted by molar-refractivity contribution is -0.107. The van der Waals surface area contributed by atoms with Gasteiger partial charge in [0.15, 0.2) is 4.80 Å². The Morgan fingerprint density at radius 3 is 2.50 bits per heavy atom. The van der Waals surface area contributed by atoms with Crippen molar-refractivity contribution in [1.29, 1.82) is 5.41 Å². The summed E-state index contributed by atoms with van der Waals surface area (Å²) in [7, 11) is 0. The molecule has 1 aromatic heterocycles. The van der Waals surface area contributed by atoms with E-state index in [1.165, 1.54) is 29.8 Å². The van der Waals surface area contributed by atoms with Crippen molar-refractivity contribution >= 4 is 11.3 Å². The van der Waals surface area contributed by atoms with E-state index in [2.05, 4.69) is 32.3 Å². The van der Waals surface area contributed by atoms with Gasteiger partial charge in [0, 0.05) is 6.54 Å². The molecule has 18 heavy (non-hydrogen) atoms. The second-order valence-electron chi connectivity index (χ2n) is 6.62. The molecule has 0 atom stereocenters. The van der Waals surface area contributed by atoms with E-state index in [9.17, 15) is 0 Å². The summed E-state index contributed by atoms with van der Waals surface area (Å²) in [5, 5.41) is 8.24. The molecular weight excluding hydrogens is 244 g/mol. The highest BCUT2D eigenvalue weighted by atomic mass is 32.1. The molecule has 100 valence electrons. The van der Waals surface area contributed by atoms with Crippen molar-refractivity contribution in [2.75, 3.05) is 0 Å². The Balaban J connectivity index is 2.08. The van der Waals surface area contributed by atoms with Gasteiger partial charge in [-0.15, -0.1) is 0 Å². The van der Waals surface area contributed by atoms with Crippen molar-refractivity contribution in [3.63, 3.8) is 0 Å². The third kappa shape index (κ3) is 1.69. The molecule has 0 spiro atoms. The standard InChI is InChI=1S/C14H22N2OS/c1-13(2)10-11(14(3,4)17-13)18-12(15)16(10)8-9-6-5-7-9/h9,15H,5-8H2,1-4H3. The third-order valence-electron chi connectivity index (χ3n) is 4.22. The van der Waals surface area contributed by atoms with E-state index >= 15 is 0 Å². The Morgan fingerprint density at radius 1 is 1.28 bits per heavy atom. The summed E-state index contributed by atoms with van der Waals surface area (Å²) in [6.07, 6.45) is 4.00. The van der Waals surface area contributed by atoms with Crippen LogP contribution in [-0.2, 0) is 22.5 Å². The van der Waals surface area contributed by atoms with Gasteiger partial charge in [0.1, 0.15) is 5.60 Å². The van der Waals surface area contributed by atoms with E-state index < -0.39 is 0 Å². The fourth-order valence-electron chi connectivity index (χ4n) is 3.27. The van der Waals surface area contributed by atoms with Crippen molar-refractivity contribution < 1.29 is 4.74 Å². The van der Waals surface area contributed by atoms with Gasteiger partial charge in [-0.25, -0.2) is 0 Å². The Bertz CT molecular complexity index is 534. The molecule has 1 saturated carbocycles. The summed E-state index contributed by atoms with van der Waals surface area (Å²) in [4.78, 5) is 1.94. The van der Waals surface area contributed by atoms with E-state index in [1.54, 1.807) is 11.3 Å². The smallest absolute Gasteiger partial charge is 0.182 e. The number of hydrogen-bond donors (Lipinski definition) is 1. The predicted octanol–water partition coefficient (Wildman–Crippen LogP) is 3.33. The SMILES string of the molecule is CC1(C)OC(C)(C)c2c1sc(=N)n2CC1CCC1. The summed E-state index contributed by atoms with van der Waals surface area (Å²) < 4.78 is 8.39. The summed E-state index contributed by atoms with van der Waals surface area (Å²) in [6.45, 7) is 9.50. The second kappa shape index (κ2) is 3.70. The summed E-state index contributed by atoms with van der Waals surface area (Å²) in [6, 6.07) is 0. The number of ether oxygens (including phenoxy) is 1. The van der Waals surface area contributed by atoms with Crippen LogP contribution in [0.25, 0.3) is 0 Å². The summed E-state index contributed by atoms with van der Waals surface area (Å²) in [5.41, 5.74) is 0.733. The Kier molecular flexibility index (Phi) is 2.55. The molecular formula is C14H22N2OS. The quantitative estimate of drug-likeness (QED) is 0.876. The molecule has 1 aliphatic carbocycles. The van der Waals surface area contributed by atoms with Crippen LogP contribution in [0.2, 0.25) is 0 Å². The molecule has 0 radical (unpaired) electrons. The van der Waals surface area contributed by atoms with E-state index in [0.717, 1.165) is 12.5 Å². The van der Waals surface area contributed by atoms with Gasteiger partial charge in [0.05, 0.1) is 16.2 Å². The third-order valence-corrected chi connectivity index (χ3v) is 5.52. The monoisotopic (exact) mass is 266 g/mol. The second-order valence-corrected chi connectivity index (χ2v) is 7.61. The lowest BCUT2D eigenvalue weighted by Crippen LogP contribution is -2.31. The highest BCUT2D eigenvalue weighted by Crippen LogP contribution is 2.48. The van der Waals surface area contributed by atoms with Gasteiger partial charge < -0.3 is 9.30 Å². The van der Waals surface area contributed by atoms with Gasteiger partial charge >= 0.3 is 0 Å². The van der Waals surface area contributed by atoms with Crippen LogP contribution >= 0.6 is 11.3 Å². The van der Waals surface area contributed by atoms with Gasteiger partial charge in [-0.3, -0.25) is 5.41 Å². The first kappa shape index (κ1) is 12.4. The molecule has 0 unspecified atom stereocenters. The maximum atomic E-state index is 8.24. The lowest BCUT2D eigenvalue weighted by atomic mass is 9.85. The minimum absolute atomic E-state index is 0.246. The molecule has 0 saturated heterocycles. The van der Waals surface area contributed by atoms with Crippen molar-refractivity contribution in [3.05, 3.63) is 15.4 Å². The zero-order valence-electron chi connectivity index (χ0n) is 11.7. The van der Waals surface area contributed by atoms with E-state index in [1.807, 2.05) is 0 Å². The number of aromatic nitrogens is 1. The maximum Gasteiger partial charge on any atom is 0.182 e. The largest absolute Gasteiger partial charge is 0.358 e. The summed E-state index contributed by atoms with van der Waals surface area (Å²) >= 11 is 1.59. The van der Waals surface area contributed by atoms with E-state index in [4.69, 9.17) is 10.1 Å².